The molecule has 3 N–H and O–H groups in total. The van der Waals surface area contributed by atoms with E-state index < -0.39 is 18.2 Å². The van der Waals surface area contributed by atoms with E-state index in [4.69, 9.17) is 4.89 Å². The smallest absolute Gasteiger partial charge is 0.407 e. The number of alkyl carbamates (subject to hydrolysis) is 1. The quantitative estimate of drug-likeness (QED) is 0.0707. The van der Waals surface area contributed by atoms with Gasteiger partial charge in [-0.1, -0.05) is 73.1 Å². The average molecular weight is 794 g/mol. The first-order valence-electron chi connectivity index (χ1n) is 15.6. The fourth-order valence-electron chi connectivity index (χ4n) is 5.94. The molecule has 4 atom stereocenters. The van der Waals surface area contributed by atoms with Crippen LogP contribution in [0.2, 0.25) is 0 Å². The van der Waals surface area contributed by atoms with Crippen molar-refractivity contribution in [1.29, 1.82) is 0 Å². The van der Waals surface area contributed by atoms with Gasteiger partial charge in [-0.3, -0.25) is 9.59 Å². The second-order valence-electron chi connectivity index (χ2n) is 11.0. The van der Waals surface area contributed by atoms with Gasteiger partial charge in [0.15, 0.2) is 6.04 Å². The molecule has 6 rings (SSSR count). The first kappa shape index (κ1) is 37.5. The third-order valence-electron chi connectivity index (χ3n) is 8.17. The van der Waals surface area contributed by atoms with Crippen molar-refractivity contribution in [2.45, 2.75) is 49.9 Å². The minimum atomic E-state index is -0.793. The summed E-state index contributed by atoms with van der Waals surface area (Å²) in [5.74, 6) is 1.21. The van der Waals surface area contributed by atoms with Crippen LogP contribution < -0.4 is 5.32 Å². The summed E-state index contributed by atoms with van der Waals surface area (Å²) < 4.78 is 4.67. The van der Waals surface area contributed by atoms with Gasteiger partial charge in [0.2, 0.25) is 12.3 Å². The summed E-state index contributed by atoms with van der Waals surface area (Å²) in [7, 11) is 2.66. The van der Waals surface area contributed by atoms with Crippen LogP contribution in [0.3, 0.4) is 0 Å². The zero-order valence-corrected chi connectivity index (χ0v) is 30.9. The van der Waals surface area contributed by atoms with Gasteiger partial charge >= 0.3 is 6.09 Å². The van der Waals surface area contributed by atoms with Crippen LogP contribution >= 0.6 is 0 Å². The van der Waals surface area contributed by atoms with Crippen molar-refractivity contribution in [3.05, 3.63) is 108 Å². The molecule has 2 aliphatic heterocycles. The van der Waals surface area contributed by atoms with Gasteiger partial charge in [-0.2, -0.15) is 4.89 Å². The molecule has 49 heavy (non-hydrogen) atoms. The van der Waals surface area contributed by atoms with Crippen LogP contribution in [0.5, 0.6) is 0 Å². The number of imidazole rings is 2. The van der Waals surface area contributed by atoms with Crippen LogP contribution in [0.15, 0.2) is 78.0 Å². The van der Waals surface area contributed by atoms with Crippen LogP contribution in [0, 0.1) is 48.0 Å². The number of hydrogen-bond acceptors (Lipinski definition) is 9. The fraction of sp³-hybridized carbons (Fsp3) is 0.353. The molecule has 0 unspecified atom stereocenters. The summed E-state index contributed by atoms with van der Waals surface area (Å²) in [6, 6.07) is 16.9. The Kier molecular flexibility index (Phi) is 14.6. The minimum absolute atomic E-state index is 0. The van der Waals surface area contributed by atoms with Crippen LogP contribution in [-0.2, 0) is 24.1 Å². The molecule has 14 nitrogen and oxygen atoms in total. The van der Waals surface area contributed by atoms with Crippen LogP contribution in [0.1, 0.15) is 72.6 Å². The molecule has 2 saturated heterocycles. The first-order valence-corrected chi connectivity index (χ1v) is 15.6. The van der Waals surface area contributed by atoms with E-state index in [1.807, 2.05) is 65.6 Å². The predicted octanol–water partition coefficient (Wildman–Crippen LogP) is 4.19. The number of ether oxygens (including phenoxy) is 1. The van der Waals surface area contributed by atoms with Crippen LogP contribution in [-0.4, -0.2) is 81.4 Å². The molecule has 0 saturated carbocycles. The van der Waals surface area contributed by atoms with E-state index in [1.54, 1.807) is 17.3 Å². The molecule has 2 aromatic heterocycles. The summed E-state index contributed by atoms with van der Waals surface area (Å²) in [5.41, 5.74) is 1.51. The standard InChI is InChI=1S/2C17H19N4O3.La/c1-23-24-12-20-15(13-6-3-2-4-7-13)17(22)21-11-5-8-14(21)16-18-9-10-19-16;1-24-17(23)20-14(12-6-3-2-4-7-12)16(22)21-11-5-8-13(21)15-18-9-10-19-15;/h2-4,6-7,9,12,14-15H,5,8,11H2,1H3,(H,18,19);2-4,6-7,9,13-14H,5,8,11H2,1H3,(H,18,19)(H,20,23);/q2*-1;/t14-,15+;13-,14+;/m00./s1. The topological polar surface area (TPSA) is 167 Å². The number of nitrogens with zero attached hydrogens (tertiary/aromatic N) is 5. The molecule has 2 fully saturated rings. The maximum Gasteiger partial charge on any atom is 0.407 e. The number of carbonyl (C=O) groups excluding carboxylic acids is 3. The molecule has 15 heteroatoms. The summed E-state index contributed by atoms with van der Waals surface area (Å²) in [5, 5.41) is 2.63. The first-order chi connectivity index (χ1) is 23.5. The Morgan fingerprint density at radius 2 is 1.39 bits per heavy atom. The number of aromatic amines is 2. The van der Waals surface area contributed by atoms with E-state index in [-0.39, 0.29) is 59.5 Å². The molecule has 2 aliphatic rings. The Bertz CT molecular complexity index is 1610. The number of H-pyrrole nitrogens is 2. The zero-order valence-electron chi connectivity index (χ0n) is 27.3. The molecule has 3 amide bonds. The molecule has 0 spiro atoms. The molecule has 1 radical (unpaired) electrons. The molecular weight excluding hydrogens is 755 g/mol. The van der Waals surface area contributed by atoms with Crippen molar-refractivity contribution >= 4 is 24.3 Å². The van der Waals surface area contributed by atoms with E-state index in [0.717, 1.165) is 43.5 Å². The zero-order chi connectivity index (χ0) is 33.7. The summed E-state index contributed by atoms with van der Waals surface area (Å²) in [4.78, 5) is 69.4. The van der Waals surface area contributed by atoms with Crippen molar-refractivity contribution in [3.63, 3.8) is 0 Å². The number of nitrogens with one attached hydrogen (secondary N) is 3. The number of carbonyl (C=O) groups is 3. The van der Waals surface area contributed by atoms with Gasteiger partial charge in [0.05, 0.1) is 14.2 Å². The second-order valence-corrected chi connectivity index (χ2v) is 11.0. The number of likely N-dealkylation sites (tertiary alicyclic amines) is 2. The predicted molar refractivity (Wildman–Crippen MR) is 173 cm³/mol. The maximum atomic E-state index is 13.1. The Labute approximate surface area is 312 Å². The van der Waals surface area contributed by atoms with Gasteiger partial charge in [0.25, 0.3) is 5.91 Å². The molecule has 4 heterocycles. The SMILES string of the molecule is COC(=O)N[C@@H](C(=O)N1CCC[C@H]1c1n[c-]c[nH]1)c1ccccc1.COOC=N[C@@H](C(=O)N1CCC[C@H]1c1n[c-]c[nH]1)c1ccccc1.[La]. The monoisotopic (exact) mass is 793 g/mol. The normalized spacial score (nSPS) is 18.2. The number of methoxy groups -OCH3 is 1. The van der Waals surface area contributed by atoms with Gasteiger partial charge in [0, 0.05) is 60.8 Å². The number of aliphatic imine (C=N–C) groups is 1. The minimum Gasteiger partial charge on any atom is -0.453 e. The average Bonchev–Trinajstić information content (AvgIpc) is 3.97. The van der Waals surface area contributed by atoms with E-state index in [9.17, 15) is 14.4 Å². The van der Waals surface area contributed by atoms with Gasteiger partial charge in [0.1, 0.15) is 6.04 Å². The molecular formula is C34H38LaN8O6-2. The fourth-order valence-corrected chi connectivity index (χ4v) is 5.94. The van der Waals surface area contributed by atoms with Crippen molar-refractivity contribution < 1.29 is 64.5 Å². The van der Waals surface area contributed by atoms with Gasteiger partial charge in [-0.15, -0.1) is 12.4 Å². The summed E-state index contributed by atoms with van der Waals surface area (Å²) in [6.07, 6.45) is 12.8. The van der Waals surface area contributed by atoms with Gasteiger partial charge < -0.3 is 44.7 Å². The molecule has 0 bridgehead atoms. The largest absolute Gasteiger partial charge is 0.453 e. The van der Waals surface area contributed by atoms with Crippen molar-refractivity contribution in [2.24, 2.45) is 4.99 Å². The third kappa shape index (κ3) is 9.66. The third-order valence-corrected chi connectivity index (χ3v) is 8.17. The Hall–Kier alpha value is -4.31. The second kappa shape index (κ2) is 19.0. The molecule has 0 aliphatic carbocycles. The van der Waals surface area contributed by atoms with E-state index in [1.165, 1.54) is 14.2 Å². The van der Waals surface area contributed by atoms with E-state index in [0.29, 0.717) is 24.5 Å². The summed E-state index contributed by atoms with van der Waals surface area (Å²) >= 11 is 0. The Balaban J connectivity index is 0.000000216. The van der Waals surface area contributed by atoms with Crippen LogP contribution in [0.4, 0.5) is 4.79 Å². The molecule has 4 aromatic rings. The van der Waals surface area contributed by atoms with E-state index >= 15 is 0 Å². The number of amides is 3. The Morgan fingerprint density at radius 3 is 1.88 bits per heavy atom. The maximum absolute atomic E-state index is 13.1. The number of benzene rings is 2. The van der Waals surface area contributed by atoms with Gasteiger partial charge in [-0.25, -0.2) is 9.79 Å². The van der Waals surface area contributed by atoms with Crippen molar-refractivity contribution in [1.82, 2.24) is 35.1 Å². The summed E-state index contributed by atoms with van der Waals surface area (Å²) in [6.45, 7) is 1.30. The van der Waals surface area contributed by atoms with Crippen LogP contribution in [0.25, 0.3) is 0 Å². The molecule has 2 aromatic carbocycles. The van der Waals surface area contributed by atoms with Gasteiger partial charge in [-0.05, 0) is 48.5 Å². The number of aromatic nitrogens is 4. The number of rotatable bonds is 10. The van der Waals surface area contributed by atoms with E-state index in [2.05, 4.69) is 52.3 Å². The van der Waals surface area contributed by atoms with Crippen molar-refractivity contribution in [3.8, 4) is 0 Å². The Morgan fingerprint density at radius 1 is 0.857 bits per heavy atom. The van der Waals surface area contributed by atoms with Crippen molar-refractivity contribution in [2.75, 3.05) is 27.3 Å². The number of hydrogen-bond donors (Lipinski definition) is 3. The molecule has 255 valence electrons.